The molecule has 4 N–H and O–H groups in total. The number of anilines is 1. The molecule has 1 aliphatic carbocycles. The first-order valence-electron chi connectivity index (χ1n) is 14.2. The lowest BCUT2D eigenvalue weighted by Gasteiger charge is -2.39. The number of nitrogens with one attached hydrogen (secondary N) is 1. The van der Waals surface area contributed by atoms with E-state index in [0.717, 1.165) is 49.8 Å². The van der Waals surface area contributed by atoms with Crippen molar-refractivity contribution in [3.05, 3.63) is 64.2 Å². The number of halogens is 6. The van der Waals surface area contributed by atoms with Gasteiger partial charge in [0.25, 0.3) is 0 Å². The van der Waals surface area contributed by atoms with Gasteiger partial charge in [-0.2, -0.15) is 32.2 Å². The number of hydrogen-bond acceptors (Lipinski definition) is 4. The van der Waals surface area contributed by atoms with Gasteiger partial charge in [-0.15, -0.1) is 0 Å². The van der Waals surface area contributed by atoms with Crippen LogP contribution in [0.1, 0.15) is 72.8 Å². The lowest BCUT2D eigenvalue weighted by molar-refractivity contribution is -0.658. The predicted molar refractivity (Wildman–Crippen MR) is 140 cm³/mol. The van der Waals surface area contributed by atoms with Gasteiger partial charge in [-0.1, -0.05) is 19.1 Å². The summed E-state index contributed by atoms with van der Waals surface area (Å²) in [6, 6.07) is 8.26. The lowest BCUT2D eigenvalue weighted by atomic mass is 9.80. The molecule has 11 heteroatoms. The Hall–Kier alpha value is -2.79. The van der Waals surface area contributed by atoms with E-state index in [1.807, 2.05) is 11.8 Å². The standard InChI is InChI=1S/C30H36F6N3O2/c1-17(28(40)41-37)27(20-3-4-20)21-5-2-18-6-9-25(38-26(18)15-21)19-10-12-39(13-11-19)16-22-14-23(29(31,32)33)7-8-24(22)30(34,35)36/h2,5,7-8,14-15,17,19-20,25,27,38H,3-4,6,9-13,16H2,1,37H3/q+1. The van der Waals surface area contributed by atoms with E-state index in [0.29, 0.717) is 43.1 Å². The minimum absolute atomic E-state index is 0.0670. The molecular weight excluding hydrogens is 548 g/mol. The zero-order valence-electron chi connectivity index (χ0n) is 23.0. The van der Waals surface area contributed by atoms with Crippen molar-refractivity contribution in [2.45, 2.75) is 76.3 Å². The first kappa shape index (κ1) is 29.7. The molecule has 0 spiro atoms. The number of quaternary nitrogens is 1. The molecule has 3 unspecified atom stereocenters. The molecule has 1 saturated heterocycles. The van der Waals surface area contributed by atoms with E-state index >= 15 is 0 Å². The van der Waals surface area contributed by atoms with Crippen LogP contribution in [0.3, 0.4) is 0 Å². The summed E-state index contributed by atoms with van der Waals surface area (Å²) < 4.78 is 80.3. The van der Waals surface area contributed by atoms with Gasteiger partial charge in [-0.25, -0.2) is 4.79 Å². The Balaban J connectivity index is 1.24. The van der Waals surface area contributed by atoms with Crippen LogP contribution in [0.4, 0.5) is 32.0 Å². The van der Waals surface area contributed by atoms with Gasteiger partial charge in [0.1, 0.15) is 0 Å². The van der Waals surface area contributed by atoms with Gasteiger partial charge in [0.15, 0.2) is 0 Å². The van der Waals surface area contributed by atoms with Crippen LogP contribution in [0.15, 0.2) is 36.4 Å². The Labute approximate surface area is 235 Å². The van der Waals surface area contributed by atoms with E-state index in [9.17, 15) is 31.1 Å². The van der Waals surface area contributed by atoms with Crippen LogP contribution in [0.5, 0.6) is 0 Å². The zero-order chi connectivity index (χ0) is 29.5. The SMILES string of the molecule is CC(C(=O)O[NH3+])C(c1ccc2c(c1)NC(C1CCN(Cc3cc(C(F)(F)F)ccc3C(F)(F)F)CC1)CC2)C1CC1. The van der Waals surface area contributed by atoms with Crippen molar-refractivity contribution < 1.29 is 41.9 Å². The highest BCUT2D eigenvalue weighted by Gasteiger charge is 2.41. The molecule has 5 nitrogen and oxygen atoms in total. The number of nitrogens with zero attached hydrogens (tertiary/aromatic N) is 1. The zero-order valence-corrected chi connectivity index (χ0v) is 23.0. The van der Waals surface area contributed by atoms with Crippen LogP contribution in [-0.4, -0.2) is 30.0 Å². The van der Waals surface area contributed by atoms with Crippen LogP contribution >= 0.6 is 0 Å². The Morgan fingerprint density at radius 2 is 1.71 bits per heavy atom. The molecule has 2 aromatic rings. The molecule has 3 atom stereocenters. The normalized spacial score (nSPS) is 22.0. The minimum Gasteiger partial charge on any atom is -0.382 e. The van der Waals surface area contributed by atoms with Crippen molar-refractivity contribution in [2.24, 2.45) is 17.8 Å². The summed E-state index contributed by atoms with van der Waals surface area (Å²) in [6.07, 6.45) is -3.96. The van der Waals surface area contributed by atoms with Gasteiger partial charge < -0.3 is 5.32 Å². The Kier molecular flexibility index (Phi) is 8.31. The molecule has 2 aliphatic heterocycles. The fourth-order valence-corrected chi connectivity index (χ4v) is 6.72. The topological polar surface area (TPSA) is 69.2 Å². The summed E-state index contributed by atoms with van der Waals surface area (Å²) in [5, 5.41) is 3.70. The molecule has 2 aromatic carbocycles. The maximum absolute atomic E-state index is 13.6. The molecule has 3 aliphatic rings. The number of likely N-dealkylation sites (tertiary alicyclic amines) is 1. The molecule has 41 heavy (non-hydrogen) atoms. The van der Waals surface area contributed by atoms with E-state index in [2.05, 4.69) is 29.4 Å². The summed E-state index contributed by atoms with van der Waals surface area (Å²) in [4.78, 5) is 18.9. The maximum atomic E-state index is 13.6. The average Bonchev–Trinajstić information content (AvgIpc) is 3.77. The molecule has 0 amide bonds. The van der Waals surface area contributed by atoms with Crippen molar-refractivity contribution >= 4 is 11.7 Å². The first-order chi connectivity index (χ1) is 19.3. The third-order valence-electron chi connectivity index (χ3n) is 9.10. The largest absolute Gasteiger partial charge is 0.416 e. The molecule has 5 rings (SSSR count). The number of carbonyl (C=O) groups is 1. The Bertz CT molecular complexity index is 1250. The van der Waals surface area contributed by atoms with E-state index in [4.69, 9.17) is 4.84 Å². The van der Waals surface area contributed by atoms with Crippen molar-refractivity contribution in [1.29, 1.82) is 0 Å². The van der Waals surface area contributed by atoms with Crippen LogP contribution in [-0.2, 0) is 35.0 Å². The predicted octanol–water partition coefficient (Wildman–Crippen LogP) is 6.19. The van der Waals surface area contributed by atoms with Crippen molar-refractivity contribution in [1.82, 2.24) is 4.90 Å². The summed E-state index contributed by atoms with van der Waals surface area (Å²) >= 11 is 0. The van der Waals surface area contributed by atoms with E-state index in [1.165, 1.54) is 5.56 Å². The number of piperidine rings is 1. The van der Waals surface area contributed by atoms with Crippen molar-refractivity contribution in [2.75, 3.05) is 18.4 Å². The smallest absolute Gasteiger partial charge is 0.382 e. The molecular formula is C30H36F6N3O2+. The molecule has 0 aromatic heterocycles. The van der Waals surface area contributed by atoms with E-state index < -0.39 is 23.5 Å². The van der Waals surface area contributed by atoms with Gasteiger partial charge in [-0.3, -0.25) is 9.74 Å². The van der Waals surface area contributed by atoms with Crippen LogP contribution < -0.4 is 11.2 Å². The second-order valence-electron chi connectivity index (χ2n) is 11.8. The van der Waals surface area contributed by atoms with Crippen LogP contribution in [0, 0.1) is 17.8 Å². The molecule has 0 radical (unpaired) electrons. The van der Waals surface area contributed by atoms with Crippen molar-refractivity contribution in [3.63, 3.8) is 0 Å². The second-order valence-corrected chi connectivity index (χ2v) is 11.8. The third kappa shape index (κ3) is 6.66. The van der Waals surface area contributed by atoms with E-state index in [-0.39, 0.29) is 36.0 Å². The average molecular weight is 585 g/mol. The molecule has 1 saturated carbocycles. The molecule has 2 fully saturated rings. The number of hydrogen-bond donors (Lipinski definition) is 2. The number of fused-ring (bicyclic) bond motifs is 1. The van der Waals surface area contributed by atoms with Gasteiger partial charge in [0, 0.05) is 24.2 Å². The van der Waals surface area contributed by atoms with Gasteiger partial charge in [0.2, 0.25) is 0 Å². The fraction of sp³-hybridized carbons (Fsp3) is 0.567. The van der Waals surface area contributed by atoms with Crippen molar-refractivity contribution in [3.8, 4) is 0 Å². The Morgan fingerprint density at radius 3 is 2.32 bits per heavy atom. The highest BCUT2D eigenvalue weighted by Crippen LogP contribution is 2.48. The monoisotopic (exact) mass is 584 g/mol. The summed E-state index contributed by atoms with van der Waals surface area (Å²) in [5.41, 5.74) is 0.950. The number of rotatable bonds is 7. The number of benzene rings is 2. The highest BCUT2D eigenvalue weighted by atomic mass is 19.4. The van der Waals surface area contributed by atoms with Gasteiger partial charge >= 0.3 is 18.3 Å². The quantitative estimate of drug-likeness (QED) is 0.301. The molecule has 2 heterocycles. The summed E-state index contributed by atoms with van der Waals surface area (Å²) in [7, 11) is 0. The van der Waals surface area contributed by atoms with Crippen LogP contribution in [0.2, 0.25) is 0 Å². The first-order valence-corrected chi connectivity index (χ1v) is 14.2. The number of carbonyl (C=O) groups excluding carboxylic acids is 1. The molecule has 224 valence electrons. The Morgan fingerprint density at radius 1 is 1.00 bits per heavy atom. The molecule has 0 bridgehead atoms. The van der Waals surface area contributed by atoms with Crippen LogP contribution in [0.25, 0.3) is 0 Å². The summed E-state index contributed by atoms with van der Waals surface area (Å²) in [6.45, 7) is 2.73. The highest BCUT2D eigenvalue weighted by molar-refractivity contribution is 5.73. The third-order valence-corrected chi connectivity index (χ3v) is 9.10. The van der Waals surface area contributed by atoms with E-state index in [1.54, 1.807) is 0 Å². The number of aryl methyl sites for hydroxylation is 1. The second kappa shape index (κ2) is 11.5. The van der Waals surface area contributed by atoms with Gasteiger partial charge in [-0.05, 0) is 104 Å². The lowest BCUT2D eigenvalue weighted by Crippen LogP contribution is -2.52. The summed E-state index contributed by atoms with van der Waals surface area (Å²) in [5.74, 6) is 3.49. The fourth-order valence-electron chi connectivity index (χ4n) is 6.72. The minimum atomic E-state index is -4.72. The number of alkyl halides is 6. The maximum Gasteiger partial charge on any atom is 0.416 e. The van der Waals surface area contributed by atoms with Gasteiger partial charge in [0.05, 0.1) is 17.0 Å².